The summed E-state index contributed by atoms with van der Waals surface area (Å²) in [5, 5.41) is 6.33. The van der Waals surface area contributed by atoms with Crippen LogP contribution in [0.5, 0.6) is 0 Å². The summed E-state index contributed by atoms with van der Waals surface area (Å²) in [7, 11) is 0. The summed E-state index contributed by atoms with van der Waals surface area (Å²) in [6, 6.07) is 14.6. The Hall–Kier alpha value is -2.29. The third-order valence-corrected chi connectivity index (χ3v) is 3.62. The van der Waals surface area contributed by atoms with Crippen LogP contribution in [0.15, 0.2) is 42.5 Å². The van der Waals surface area contributed by atoms with E-state index < -0.39 is 0 Å². The maximum Gasteiger partial charge on any atom is 0.224 e. The molecule has 0 saturated carbocycles. The zero-order valence-corrected chi connectivity index (χ0v) is 11.6. The molecule has 1 heterocycles. The Morgan fingerprint density at radius 1 is 1.10 bits per heavy atom. The van der Waals surface area contributed by atoms with E-state index >= 15 is 0 Å². The van der Waals surface area contributed by atoms with Crippen LogP contribution in [0.25, 0.3) is 0 Å². The van der Waals surface area contributed by atoms with Crippen LogP contribution in [0.3, 0.4) is 0 Å². The minimum absolute atomic E-state index is 0.109. The topological polar surface area (TPSA) is 41.1 Å². The summed E-state index contributed by atoms with van der Waals surface area (Å²) in [6.45, 7) is 2.90. The van der Waals surface area contributed by atoms with Crippen LogP contribution in [-0.2, 0) is 17.8 Å². The first-order chi connectivity index (χ1) is 9.70. The van der Waals surface area contributed by atoms with Crippen molar-refractivity contribution in [1.82, 2.24) is 0 Å². The Kier molecular flexibility index (Phi) is 3.42. The molecular weight excluding hydrogens is 248 g/mol. The number of aryl methyl sites for hydroxylation is 2. The Morgan fingerprint density at radius 2 is 1.90 bits per heavy atom. The molecule has 20 heavy (non-hydrogen) atoms. The number of carbonyl (C=O) groups is 1. The maximum atomic E-state index is 11.3. The molecule has 3 nitrogen and oxygen atoms in total. The van der Waals surface area contributed by atoms with Gasteiger partial charge in [0.1, 0.15) is 0 Å². The van der Waals surface area contributed by atoms with Gasteiger partial charge in [-0.1, -0.05) is 29.8 Å². The van der Waals surface area contributed by atoms with Gasteiger partial charge in [0.05, 0.1) is 0 Å². The first-order valence-corrected chi connectivity index (χ1v) is 6.93. The molecule has 1 amide bonds. The number of carbonyl (C=O) groups excluding carboxylic acids is 1. The first-order valence-electron chi connectivity index (χ1n) is 6.93. The van der Waals surface area contributed by atoms with Crippen LogP contribution < -0.4 is 10.6 Å². The minimum atomic E-state index is 0.109. The van der Waals surface area contributed by atoms with Crippen molar-refractivity contribution in [1.29, 1.82) is 0 Å². The summed E-state index contributed by atoms with van der Waals surface area (Å²) < 4.78 is 0. The van der Waals surface area contributed by atoms with Gasteiger partial charge in [-0.2, -0.15) is 0 Å². The van der Waals surface area contributed by atoms with E-state index in [2.05, 4.69) is 47.9 Å². The lowest BCUT2D eigenvalue weighted by molar-refractivity contribution is -0.116. The smallest absolute Gasteiger partial charge is 0.224 e. The van der Waals surface area contributed by atoms with Gasteiger partial charge in [-0.25, -0.2) is 0 Å². The van der Waals surface area contributed by atoms with Gasteiger partial charge in [0, 0.05) is 24.3 Å². The predicted molar refractivity (Wildman–Crippen MR) is 81.9 cm³/mol. The van der Waals surface area contributed by atoms with Crippen LogP contribution in [-0.4, -0.2) is 5.91 Å². The Bertz CT molecular complexity index is 632. The molecule has 102 valence electrons. The van der Waals surface area contributed by atoms with Crippen molar-refractivity contribution in [2.24, 2.45) is 0 Å². The highest BCUT2D eigenvalue weighted by molar-refractivity contribution is 5.94. The lowest BCUT2D eigenvalue weighted by atomic mass is 10.0. The second kappa shape index (κ2) is 5.37. The molecule has 2 N–H and O–H groups in total. The zero-order valence-electron chi connectivity index (χ0n) is 11.6. The summed E-state index contributed by atoms with van der Waals surface area (Å²) in [4.78, 5) is 11.3. The number of amides is 1. The molecule has 0 unspecified atom stereocenters. The van der Waals surface area contributed by atoms with E-state index in [1.807, 2.05) is 12.1 Å². The highest BCUT2D eigenvalue weighted by atomic mass is 16.1. The van der Waals surface area contributed by atoms with Crippen molar-refractivity contribution in [2.75, 3.05) is 10.6 Å². The van der Waals surface area contributed by atoms with Crippen molar-refractivity contribution in [3.05, 3.63) is 59.2 Å². The maximum absolute atomic E-state index is 11.3. The monoisotopic (exact) mass is 266 g/mol. The molecule has 0 saturated heterocycles. The predicted octanol–water partition coefficient (Wildman–Crippen LogP) is 3.49. The summed E-state index contributed by atoms with van der Waals surface area (Å²) >= 11 is 0. The van der Waals surface area contributed by atoms with Crippen molar-refractivity contribution in [2.45, 2.75) is 26.3 Å². The van der Waals surface area contributed by atoms with E-state index in [9.17, 15) is 4.79 Å². The van der Waals surface area contributed by atoms with Gasteiger partial charge in [-0.15, -0.1) is 0 Å². The van der Waals surface area contributed by atoms with Crippen LogP contribution in [0.2, 0.25) is 0 Å². The Labute approximate surface area is 119 Å². The molecule has 0 atom stereocenters. The number of hydrogen-bond donors (Lipinski definition) is 2. The molecule has 0 aliphatic carbocycles. The van der Waals surface area contributed by atoms with Gasteiger partial charge in [-0.3, -0.25) is 4.79 Å². The molecular formula is C17H18N2O. The van der Waals surface area contributed by atoms with E-state index in [1.54, 1.807) is 0 Å². The largest absolute Gasteiger partial charge is 0.381 e. The lowest BCUT2D eigenvalue weighted by Gasteiger charge is -2.18. The fraction of sp³-hybridized carbons (Fsp3) is 0.235. The molecule has 0 aromatic heterocycles. The van der Waals surface area contributed by atoms with Crippen LogP contribution >= 0.6 is 0 Å². The standard InChI is InChI=1S/C17H18N2O/c1-12-2-4-13(5-3-12)11-18-15-7-8-16-14(10-15)6-9-17(20)19-16/h2-5,7-8,10,18H,6,9,11H2,1H3,(H,19,20). The van der Waals surface area contributed by atoms with Gasteiger partial charge < -0.3 is 10.6 Å². The molecule has 0 spiro atoms. The van der Waals surface area contributed by atoms with Gasteiger partial charge >= 0.3 is 0 Å². The van der Waals surface area contributed by atoms with E-state index in [0.29, 0.717) is 6.42 Å². The molecule has 2 aromatic rings. The van der Waals surface area contributed by atoms with E-state index in [0.717, 1.165) is 24.3 Å². The van der Waals surface area contributed by atoms with Crippen LogP contribution in [0, 0.1) is 6.92 Å². The van der Waals surface area contributed by atoms with Crippen molar-refractivity contribution < 1.29 is 4.79 Å². The number of rotatable bonds is 3. The van der Waals surface area contributed by atoms with E-state index in [4.69, 9.17) is 0 Å². The summed E-state index contributed by atoms with van der Waals surface area (Å²) in [5.41, 5.74) is 5.79. The highest BCUT2D eigenvalue weighted by Crippen LogP contribution is 2.25. The fourth-order valence-electron chi connectivity index (χ4n) is 2.40. The second-order valence-electron chi connectivity index (χ2n) is 5.26. The third kappa shape index (κ3) is 2.82. The van der Waals surface area contributed by atoms with Gasteiger partial charge in [0.2, 0.25) is 5.91 Å². The van der Waals surface area contributed by atoms with Gasteiger partial charge in [0.15, 0.2) is 0 Å². The zero-order chi connectivity index (χ0) is 13.9. The van der Waals surface area contributed by atoms with Crippen molar-refractivity contribution in [3.63, 3.8) is 0 Å². The molecule has 3 rings (SSSR count). The lowest BCUT2D eigenvalue weighted by Crippen LogP contribution is -2.18. The second-order valence-corrected chi connectivity index (χ2v) is 5.26. The number of fused-ring (bicyclic) bond motifs is 1. The Morgan fingerprint density at radius 3 is 2.70 bits per heavy atom. The number of anilines is 2. The van der Waals surface area contributed by atoms with E-state index in [1.165, 1.54) is 16.7 Å². The molecule has 0 bridgehead atoms. The van der Waals surface area contributed by atoms with Crippen LogP contribution in [0.1, 0.15) is 23.1 Å². The Balaban J connectivity index is 1.69. The number of nitrogens with one attached hydrogen (secondary N) is 2. The first kappa shape index (κ1) is 12.7. The van der Waals surface area contributed by atoms with Crippen molar-refractivity contribution >= 4 is 17.3 Å². The fourth-order valence-corrected chi connectivity index (χ4v) is 2.40. The van der Waals surface area contributed by atoms with Crippen molar-refractivity contribution in [3.8, 4) is 0 Å². The molecule has 1 aliphatic heterocycles. The molecule has 2 aromatic carbocycles. The average molecular weight is 266 g/mol. The quantitative estimate of drug-likeness (QED) is 0.892. The molecule has 3 heteroatoms. The normalized spacial score (nSPS) is 13.6. The van der Waals surface area contributed by atoms with Gasteiger partial charge in [0.25, 0.3) is 0 Å². The highest BCUT2D eigenvalue weighted by Gasteiger charge is 2.14. The van der Waals surface area contributed by atoms with Gasteiger partial charge in [-0.05, 0) is 42.7 Å². The van der Waals surface area contributed by atoms with E-state index in [-0.39, 0.29) is 5.91 Å². The average Bonchev–Trinajstić information content (AvgIpc) is 2.46. The molecule has 0 fully saturated rings. The molecule has 1 aliphatic rings. The molecule has 0 radical (unpaired) electrons. The van der Waals surface area contributed by atoms with Crippen LogP contribution in [0.4, 0.5) is 11.4 Å². The third-order valence-electron chi connectivity index (χ3n) is 3.62. The number of benzene rings is 2. The SMILES string of the molecule is Cc1ccc(CNc2ccc3c(c2)CCC(=O)N3)cc1. The minimum Gasteiger partial charge on any atom is -0.381 e. The number of hydrogen-bond acceptors (Lipinski definition) is 2. The summed E-state index contributed by atoms with van der Waals surface area (Å²) in [6.07, 6.45) is 1.40. The summed E-state index contributed by atoms with van der Waals surface area (Å²) in [5.74, 6) is 0.109.